The van der Waals surface area contributed by atoms with E-state index in [-0.39, 0.29) is 24.6 Å². The first kappa shape index (κ1) is 31.1. The molecule has 2 aromatic carbocycles. The number of fused-ring (bicyclic) bond motifs is 2. The van der Waals surface area contributed by atoms with Crippen LogP contribution in [0.5, 0.6) is 0 Å². The summed E-state index contributed by atoms with van der Waals surface area (Å²) < 4.78 is 7.46. The van der Waals surface area contributed by atoms with Gasteiger partial charge < -0.3 is 35.4 Å². The van der Waals surface area contributed by atoms with Crippen molar-refractivity contribution < 1.29 is 28.7 Å². The number of rotatable bonds is 6. The van der Waals surface area contributed by atoms with Crippen LogP contribution in [0.3, 0.4) is 0 Å². The second kappa shape index (κ2) is 14.4. The van der Waals surface area contributed by atoms with Gasteiger partial charge in [-0.15, -0.1) is 0 Å². The molecule has 4 amide bonds. The SMILES string of the molecule is C[C@@H](O)[C@@H]1NC(=O)c2coc(n2)[C@H](Cc2ccccc2)NC(=O)[C@@H](NC(=O)c2ccc(-n3ccnc3)cc2)CCCCNC1=O. The summed E-state index contributed by atoms with van der Waals surface area (Å²) in [6, 6.07) is 13.4. The van der Waals surface area contributed by atoms with Crippen LogP contribution in [0.25, 0.3) is 5.69 Å². The largest absolute Gasteiger partial charge is 0.446 e. The highest BCUT2D eigenvalue weighted by Crippen LogP contribution is 2.20. The van der Waals surface area contributed by atoms with Gasteiger partial charge in [0.25, 0.3) is 11.8 Å². The Hall–Kier alpha value is -5.30. The Morgan fingerprint density at radius 2 is 1.84 bits per heavy atom. The molecule has 0 fully saturated rings. The lowest BCUT2D eigenvalue weighted by Gasteiger charge is -2.23. The highest BCUT2D eigenvalue weighted by molar-refractivity contribution is 5.98. The molecule has 5 N–H and O–H groups in total. The van der Waals surface area contributed by atoms with E-state index in [4.69, 9.17) is 4.42 Å². The van der Waals surface area contributed by atoms with Gasteiger partial charge in [0.05, 0.1) is 12.4 Å². The van der Waals surface area contributed by atoms with E-state index in [9.17, 15) is 24.3 Å². The van der Waals surface area contributed by atoms with Crippen molar-refractivity contribution in [2.24, 2.45) is 0 Å². The van der Waals surface area contributed by atoms with E-state index in [1.807, 2.05) is 34.9 Å². The third-order valence-electron chi connectivity index (χ3n) is 7.48. The number of carbonyl (C=O) groups is 4. The molecule has 0 aliphatic carbocycles. The van der Waals surface area contributed by atoms with Crippen LogP contribution in [0.4, 0.5) is 0 Å². The van der Waals surface area contributed by atoms with Crippen LogP contribution in [0.2, 0.25) is 0 Å². The first-order valence-corrected chi connectivity index (χ1v) is 14.7. The molecule has 4 aromatic rings. The van der Waals surface area contributed by atoms with Crippen LogP contribution in [0, 0.1) is 0 Å². The number of nitrogens with zero attached hydrogens (tertiary/aromatic N) is 3. The van der Waals surface area contributed by atoms with Gasteiger partial charge >= 0.3 is 0 Å². The van der Waals surface area contributed by atoms with E-state index >= 15 is 0 Å². The Morgan fingerprint density at radius 1 is 1.07 bits per heavy atom. The van der Waals surface area contributed by atoms with Gasteiger partial charge in [-0.2, -0.15) is 0 Å². The van der Waals surface area contributed by atoms with Gasteiger partial charge in [0.2, 0.25) is 17.7 Å². The minimum absolute atomic E-state index is 0.0719. The number of oxazole rings is 1. The van der Waals surface area contributed by atoms with E-state index in [1.165, 1.54) is 6.92 Å². The summed E-state index contributed by atoms with van der Waals surface area (Å²) in [5.74, 6) is -2.08. The molecule has 45 heavy (non-hydrogen) atoms. The summed E-state index contributed by atoms with van der Waals surface area (Å²) in [7, 11) is 0. The van der Waals surface area contributed by atoms with Crippen LogP contribution in [-0.2, 0) is 16.0 Å². The predicted molar refractivity (Wildman–Crippen MR) is 162 cm³/mol. The summed E-state index contributed by atoms with van der Waals surface area (Å²) in [5, 5.41) is 21.2. The van der Waals surface area contributed by atoms with Crippen LogP contribution in [0.1, 0.15) is 64.5 Å². The molecule has 13 heteroatoms. The Morgan fingerprint density at radius 3 is 2.56 bits per heavy atom. The Balaban J connectivity index is 1.40. The molecule has 0 radical (unpaired) electrons. The van der Waals surface area contributed by atoms with Crippen LogP contribution >= 0.6 is 0 Å². The van der Waals surface area contributed by atoms with Gasteiger partial charge in [0.1, 0.15) is 24.4 Å². The molecule has 0 spiro atoms. The lowest BCUT2D eigenvalue weighted by Crippen LogP contribution is -2.52. The number of imidazole rings is 1. The van der Waals surface area contributed by atoms with E-state index in [0.717, 1.165) is 17.5 Å². The van der Waals surface area contributed by atoms with Gasteiger partial charge in [-0.3, -0.25) is 19.2 Å². The van der Waals surface area contributed by atoms with Crippen molar-refractivity contribution >= 4 is 23.6 Å². The molecule has 0 saturated carbocycles. The second-order valence-electron chi connectivity index (χ2n) is 10.8. The molecule has 13 nitrogen and oxygen atoms in total. The molecule has 0 saturated heterocycles. The van der Waals surface area contributed by atoms with E-state index in [2.05, 4.69) is 31.2 Å². The number of nitrogens with one attached hydrogen (secondary N) is 4. The molecule has 1 aliphatic heterocycles. The first-order chi connectivity index (χ1) is 21.8. The van der Waals surface area contributed by atoms with Crippen molar-refractivity contribution in [3.05, 3.63) is 102 Å². The third kappa shape index (κ3) is 8.00. The van der Waals surface area contributed by atoms with Gasteiger partial charge in [0.15, 0.2) is 5.69 Å². The molecule has 0 unspecified atom stereocenters. The topological polar surface area (TPSA) is 180 Å². The highest BCUT2D eigenvalue weighted by Gasteiger charge is 2.30. The van der Waals surface area contributed by atoms with Crippen molar-refractivity contribution in [2.75, 3.05) is 6.54 Å². The maximum absolute atomic E-state index is 13.8. The smallest absolute Gasteiger partial charge is 0.273 e. The fourth-order valence-electron chi connectivity index (χ4n) is 5.00. The van der Waals surface area contributed by atoms with Crippen LogP contribution in [-0.4, -0.2) is 68.0 Å². The molecule has 1 aliphatic rings. The highest BCUT2D eigenvalue weighted by atomic mass is 16.3. The molecule has 5 rings (SSSR count). The molecular formula is C32H35N7O6. The normalized spacial score (nSPS) is 20.4. The zero-order valence-corrected chi connectivity index (χ0v) is 24.7. The molecule has 234 valence electrons. The molecule has 4 atom stereocenters. The number of carbonyl (C=O) groups excluding carboxylic acids is 4. The second-order valence-corrected chi connectivity index (χ2v) is 10.8. The zero-order chi connectivity index (χ0) is 31.8. The quantitative estimate of drug-likeness (QED) is 0.218. The lowest BCUT2D eigenvalue weighted by atomic mass is 10.0. The maximum Gasteiger partial charge on any atom is 0.273 e. The molecule has 2 bridgehead atoms. The van der Waals surface area contributed by atoms with Crippen molar-refractivity contribution in [2.45, 2.75) is 56.8 Å². The van der Waals surface area contributed by atoms with E-state index in [1.54, 1.807) is 43.0 Å². The van der Waals surface area contributed by atoms with Crippen molar-refractivity contribution in [1.29, 1.82) is 0 Å². The number of aliphatic hydroxyl groups excluding tert-OH is 1. The molecule has 2 aromatic heterocycles. The zero-order valence-electron chi connectivity index (χ0n) is 24.7. The van der Waals surface area contributed by atoms with E-state index in [0.29, 0.717) is 24.8 Å². The monoisotopic (exact) mass is 613 g/mol. The summed E-state index contributed by atoms with van der Waals surface area (Å²) in [5.41, 5.74) is 1.96. The fourth-order valence-corrected chi connectivity index (χ4v) is 5.00. The van der Waals surface area contributed by atoms with Gasteiger partial charge in [-0.1, -0.05) is 30.3 Å². The molecule has 3 heterocycles. The maximum atomic E-state index is 13.8. The summed E-state index contributed by atoms with van der Waals surface area (Å²) in [6.45, 7) is 1.64. The van der Waals surface area contributed by atoms with E-state index < -0.39 is 47.9 Å². The number of aliphatic hydroxyl groups is 1. The van der Waals surface area contributed by atoms with Gasteiger partial charge in [-0.05, 0) is 56.0 Å². The van der Waals surface area contributed by atoms with Crippen molar-refractivity contribution in [1.82, 2.24) is 35.8 Å². The Kier molecular flexibility index (Phi) is 10.00. The van der Waals surface area contributed by atoms with Gasteiger partial charge in [-0.25, -0.2) is 9.97 Å². The fraction of sp³-hybridized carbons (Fsp3) is 0.312. The number of benzene rings is 2. The number of hydrogen-bond donors (Lipinski definition) is 5. The predicted octanol–water partition coefficient (Wildman–Crippen LogP) is 1.84. The summed E-state index contributed by atoms with van der Waals surface area (Å²) in [6.07, 6.45) is 6.62. The van der Waals surface area contributed by atoms with Gasteiger partial charge in [0, 0.05) is 36.6 Å². The summed E-state index contributed by atoms with van der Waals surface area (Å²) in [4.78, 5) is 61.1. The van der Waals surface area contributed by atoms with Crippen LogP contribution < -0.4 is 21.3 Å². The minimum atomic E-state index is -1.21. The average molecular weight is 614 g/mol. The average Bonchev–Trinajstić information content (AvgIpc) is 3.76. The number of aromatic nitrogens is 3. The number of hydrogen-bond acceptors (Lipinski definition) is 8. The first-order valence-electron chi connectivity index (χ1n) is 14.7. The van der Waals surface area contributed by atoms with Crippen molar-refractivity contribution in [3.63, 3.8) is 0 Å². The number of amides is 4. The Labute approximate surface area is 259 Å². The molecular weight excluding hydrogens is 578 g/mol. The summed E-state index contributed by atoms with van der Waals surface area (Å²) >= 11 is 0. The standard InChI is InChI=1S/C32H35N7O6/c1-20(40)27-31(44)34-14-6-5-9-24(35-28(41)22-10-12-23(13-11-22)39-16-15-33-19-39)29(42)36-25(17-21-7-3-2-4-8-21)32-37-26(18-45-32)30(43)38-27/h2-4,7-8,10-13,15-16,18-20,24-25,27,40H,5-6,9,14,17H2,1H3,(H,34,44)(H,35,41)(H,36,42)(H,38,43)/t20-,24+,25+,27+/m1/s1. The lowest BCUT2D eigenvalue weighted by molar-refractivity contribution is -0.125. The Bertz CT molecular complexity index is 1600. The third-order valence-corrected chi connectivity index (χ3v) is 7.48. The minimum Gasteiger partial charge on any atom is -0.446 e. The van der Waals surface area contributed by atoms with Crippen LogP contribution in [0.15, 0.2) is 84.0 Å². The van der Waals surface area contributed by atoms with Crippen molar-refractivity contribution in [3.8, 4) is 5.69 Å².